The Morgan fingerprint density at radius 1 is 1.00 bits per heavy atom. The van der Waals surface area contributed by atoms with Gasteiger partial charge in [-0.25, -0.2) is 0 Å². The Hall–Kier alpha value is -3.25. The molecular formula is C20H19N2O4+. The molecule has 0 aliphatic rings. The van der Waals surface area contributed by atoms with Crippen LogP contribution in [-0.2, 0) is 0 Å². The van der Waals surface area contributed by atoms with E-state index in [1.54, 1.807) is 37.4 Å². The van der Waals surface area contributed by atoms with Crippen LogP contribution in [0.2, 0.25) is 0 Å². The highest BCUT2D eigenvalue weighted by molar-refractivity contribution is 5.42. The summed E-state index contributed by atoms with van der Waals surface area (Å²) in [6, 6.07) is 18.6. The van der Waals surface area contributed by atoms with Gasteiger partial charge in [-0.3, -0.25) is 10.1 Å². The number of nitrogens with zero attached hydrogens (tertiary/aromatic N) is 2. The molecule has 1 heterocycles. The van der Waals surface area contributed by atoms with Crippen molar-refractivity contribution in [2.75, 3.05) is 7.11 Å². The van der Waals surface area contributed by atoms with Crippen LogP contribution in [0, 0.1) is 10.1 Å². The van der Waals surface area contributed by atoms with Gasteiger partial charge in [0.1, 0.15) is 5.75 Å². The number of hydrogen-bond acceptors (Lipinski definition) is 4. The second-order valence-electron chi connectivity index (χ2n) is 5.80. The van der Waals surface area contributed by atoms with Gasteiger partial charge in [0.15, 0.2) is 18.5 Å². The normalized spacial score (nSPS) is 13.0. The van der Waals surface area contributed by atoms with Crippen molar-refractivity contribution in [1.82, 2.24) is 0 Å². The van der Waals surface area contributed by atoms with Gasteiger partial charge in [0.05, 0.1) is 17.6 Å². The van der Waals surface area contributed by atoms with Crippen molar-refractivity contribution >= 4 is 5.69 Å². The fourth-order valence-corrected chi connectivity index (χ4v) is 2.99. The van der Waals surface area contributed by atoms with E-state index >= 15 is 0 Å². The maximum Gasteiger partial charge on any atom is 0.275 e. The molecule has 0 spiro atoms. The first-order valence-corrected chi connectivity index (χ1v) is 8.13. The lowest BCUT2D eigenvalue weighted by atomic mass is 9.94. The van der Waals surface area contributed by atoms with E-state index in [9.17, 15) is 15.2 Å². The third-order valence-corrected chi connectivity index (χ3v) is 4.27. The highest BCUT2D eigenvalue weighted by Gasteiger charge is 2.34. The summed E-state index contributed by atoms with van der Waals surface area (Å²) < 4.78 is 7.03. The number of pyridine rings is 1. The lowest BCUT2D eigenvalue weighted by molar-refractivity contribution is -0.722. The molecule has 6 nitrogen and oxygen atoms in total. The molecule has 1 N–H and O–H groups in total. The number of rotatable bonds is 6. The third kappa shape index (κ3) is 3.55. The first-order chi connectivity index (χ1) is 12.6. The Morgan fingerprint density at radius 2 is 1.65 bits per heavy atom. The molecule has 3 aromatic rings. The maximum absolute atomic E-state index is 11.4. The molecule has 0 radical (unpaired) electrons. The molecule has 0 fully saturated rings. The highest BCUT2D eigenvalue weighted by Crippen LogP contribution is 2.34. The van der Waals surface area contributed by atoms with E-state index in [0.717, 1.165) is 5.56 Å². The van der Waals surface area contributed by atoms with Crippen molar-refractivity contribution in [1.29, 1.82) is 0 Å². The molecule has 0 amide bonds. The molecule has 0 unspecified atom stereocenters. The number of benzene rings is 2. The zero-order valence-corrected chi connectivity index (χ0v) is 14.2. The van der Waals surface area contributed by atoms with E-state index < -0.39 is 17.1 Å². The zero-order valence-electron chi connectivity index (χ0n) is 14.2. The first-order valence-electron chi connectivity index (χ1n) is 8.13. The van der Waals surface area contributed by atoms with E-state index in [4.69, 9.17) is 4.74 Å². The minimum absolute atomic E-state index is 0.102. The van der Waals surface area contributed by atoms with Crippen molar-refractivity contribution < 1.29 is 19.3 Å². The van der Waals surface area contributed by atoms with Crippen LogP contribution in [0.25, 0.3) is 0 Å². The zero-order chi connectivity index (χ0) is 18.5. The second-order valence-corrected chi connectivity index (χ2v) is 5.80. The van der Waals surface area contributed by atoms with Gasteiger partial charge in [-0.15, -0.1) is 0 Å². The van der Waals surface area contributed by atoms with Crippen molar-refractivity contribution in [2.24, 2.45) is 0 Å². The van der Waals surface area contributed by atoms with Gasteiger partial charge >= 0.3 is 0 Å². The van der Waals surface area contributed by atoms with E-state index in [1.165, 1.54) is 6.07 Å². The van der Waals surface area contributed by atoms with Crippen molar-refractivity contribution in [2.45, 2.75) is 12.1 Å². The molecule has 0 saturated heterocycles. The lowest BCUT2D eigenvalue weighted by Crippen LogP contribution is -2.42. The monoisotopic (exact) mass is 351 g/mol. The minimum atomic E-state index is -1.10. The first kappa shape index (κ1) is 17.6. The summed E-state index contributed by atoms with van der Waals surface area (Å²) in [6.07, 6.45) is 2.55. The van der Waals surface area contributed by atoms with Crippen LogP contribution in [0.5, 0.6) is 5.75 Å². The van der Waals surface area contributed by atoms with Gasteiger partial charge in [0, 0.05) is 23.8 Å². The standard InChI is InChI=1S/C20H19N2O4/c1-26-16-11-9-15(10-12-16)19(21-13-5-2-6-14-21)20(23)17-7-3-4-8-18(17)22(24)25/h2-14,19-20,23H,1H3/q+1/t19-,20+/m1/s1. The van der Waals surface area contributed by atoms with Gasteiger partial charge in [-0.1, -0.05) is 18.2 Å². The van der Waals surface area contributed by atoms with Crippen molar-refractivity contribution in [3.63, 3.8) is 0 Å². The number of nitro benzene ring substituents is 1. The van der Waals surface area contributed by atoms with E-state index in [0.29, 0.717) is 5.75 Å². The van der Waals surface area contributed by atoms with Gasteiger partial charge in [0.2, 0.25) is 6.04 Å². The molecule has 0 bridgehead atoms. The third-order valence-electron chi connectivity index (χ3n) is 4.27. The van der Waals surface area contributed by atoms with Gasteiger partial charge in [-0.2, -0.15) is 4.57 Å². The highest BCUT2D eigenvalue weighted by atomic mass is 16.6. The molecule has 6 heteroatoms. The maximum atomic E-state index is 11.4. The van der Waals surface area contributed by atoms with Crippen molar-refractivity contribution in [3.05, 3.63) is 100 Å². The van der Waals surface area contributed by atoms with Crippen LogP contribution in [0.1, 0.15) is 23.3 Å². The van der Waals surface area contributed by atoms with Crippen LogP contribution < -0.4 is 9.30 Å². The Balaban J connectivity index is 2.10. The smallest absolute Gasteiger partial charge is 0.275 e. The van der Waals surface area contributed by atoms with Crippen molar-refractivity contribution in [3.8, 4) is 5.75 Å². The number of methoxy groups -OCH3 is 1. The molecule has 3 rings (SSSR count). The summed E-state index contributed by atoms with van der Waals surface area (Å²) in [5, 5.41) is 22.5. The SMILES string of the molecule is COc1ccc([C@H]([C@@H](O)c2ccccc2[N+](=O)[O-])[n+]2ccccc2)cc1. The average Bonchev–Trinajstić information content (AvgIpc) is 2.69. The number of hydrogen-bond donors (Lipinski definition) is 1. The van der Waals surface area contributed by atoms with Gasteiger partial charge < -0.3 is 9.84 Å². The topological polar surface area (TPSA) is 76.5 Å². The summed E-state index contributed by atoms with van der Waals surface area (Å²) in [7, 11) is 1.58. The van der Waals surface area contributed by atoms with Gasteiger partial charge in [-0.05, 0) is 30.3 Å². The molecule has 26 heavy (non-hydrogen) atoms. The predicted molar refractivity (Wildman–Crippen MR) is 95.8 cm³/mol. The number of nitro groups is 1. The number of aliphatic hydroxyl groups excluding tert-OH is 1. The molecule has 2 aromatic carbocycles. The molecule has 2 atom stereocenters. The van der Waals surface area contributed by atoms with Crippen LogP contribution in [0.3, 0.4) is 0 Å². The minimum Gasteiger partial charge on any atom is -0.497 e. The Labute approximate surface area is 151 Å². The quantitative estimate of drug-likeness (QED) is 0.420. The number of para-hydroxylation sites is 1. The summed E-state index contributed by atoms with van der Waals surface area (Å²) >= 11 is 0. The summed E-state index contributed by atoms with van der Waals surface area (Å²) in [5.41, 5.74) is 0.984. The van der Waals surface area contributed by atoms with Crippen LogP contribution in [0.15, 0.2) is 79.1 Å². The molecule has 0 saturated carbocycles. The Morgan fingerprint density at radius 3 is 2.27 bits per heavy atom. The van der Waals surface area contributed by atoms with E-state index in [2.05, 4.69) is 0 Å². The van der Waals surface area contributed by atoms with E-state index in [1.807, 2.05) is 47.3 Å². The summed E-state index contributed by atoms with van der Waals surface area (Å²) in [4.78, 5) is 10.9. The van der Waals surface area contributed by atoms with E-state index in [-0.39, 0.29) is 11.3 Å². The molecular weight excluding hydrogens is 332 g/mol. The van der Waals surface area contributed by atoms with Crippen LogP contribution >= 0.6 is 0 Å². The average molecular weight is 351 g/mol. The lowest BCUT2D eigenvalue weighted by Gasteiger charge is -2.19. The fourth-order valence-electron chi connectivity index (χ4n) is 2.99. The second kappa shape index (κ2) is 7.76. The predicted octanol–water partition coefficient (Wildman–Crippen LogP) is 3.21. The summed E-state index contributed by atoms with van der Waals surface area (Å²) in [6.45, 7) is 0. The fraction of sp³-hybridized carbons (Fsp3) is 0.150. The number of ether oxygens (including phenoxy) is 1. The van der Waals surface area contributed by atoms with Gasteiger partial charge in [0.25, 0.3) is 5.69 Å². The number of aromatic nitrogens is 1. The summed E-state index contributed by atoms with van der Waals surface area (Å²) in [5.74, 6) is 0.700. The molecule has 0 aliphatic carbocycles. The van der Waals surface area contributed by atoms with Crippen LogP contribution in [-0.4, -0.2) is 17.1 Å². The van der Waals surface area contributed by atoms with Crippen LogP contribution in [0.4, 0.5) is 5.69 Å². The number of aliphatic hydroxyl groups is 1. The molecule has 1 aromatic heterocycles. The Kier molecular flexibility index (Phi) is 5.24. The largest absolute Gasteiger partial charge is 0.497 e. The molecule has 132 valence electrons. The Bertz CT molecular complexity index is 882. The molecule has 0 aliphatic heterocycles.